The predicted octanol–water partition coefficient (Wildman–Crippen LogP) is 2.27. The van der Waals surface area contributed by atoms with Gasteiger partial charge < -0.3 is 5.32 Å². The van der Waals surface area contributed by atoms with E-state index in [1.54, 1.807) is 11.3 Å². The average molecular weight is 156 g/mol. The van der Waals surface area contributed by atoms with Gasteiger partial charge in [-0.25, -0.2) is 4.98 Å². The van der Waals surface area contributed by atoms with Gasteiger partial charge in [-0.05, 0) is 20.8 Å². The molecule has 56 valence electrons. The first-order valence-electron chi connectivity index (χ1n) is 3.37. The highest BCUT2D eigenvalue weighted by atomic mass is 32.1. The van der Waals surface area contributed by atoms with E-state index in [2.05, 4.69) is 24.1 Å². The molecule has 0 aliphatic rings. The average Bonchev–Trinajstić information content (AvgIpc) is 2.13. The van der Waals surface area contributed by atoms with Crippen LogP contribution in [0.3, 0.4) is 0 Å². The Labute approximate surface area is 65.3 Å². The van der Waals surface area contributed by atoms with E-state index in [0.717, 1.165) is 10.8 Å². The van der Waals surface area contributed by atoms with Crippen molar-refractivity contribution < 1.29 is 0 Å². The van der Waals surface area contributed by atoms with Gasteiger partial charge in [-0.3, -0.25) is 0 Å². The number of nitrogens with zero attached hydrogens (tertiary/aromatic N) is 1. The number of aromatic nitrogens is 1. The Balaban J connectivity index is 2.58. The summed E-state index contributed by atoms with van der Waals surface area (Å²) in [6, 6.07) is 0.477. The van der Waals surface area contributed by atoms with Gasteiger partial charge >= 0.3 is 0 Å². The van der Waals surface area contributed by atoms with Crippen LogP contribution in [0.2, 0.25) is 0 Å². The van der Waals surface area contributed by atoms with E-state index in [1.807, 2.05) is 12.3 Å². The fourth-order valence-electron chi connectivity index (χ4n) is 0.667. The normalized spacial score (nSPS) is 10.4. The fourth-order valence-corrected chi connectivity index (χ4v) is 1.50. The molecule has 1 N–H and O–H groups in total. The van der Waals surface area contributed by atoms with Gasteiger partial charge in [0.1, 0.15) is 0 Å². The summed E-state index contributed by atoms with van der Waals surface area (Å²) in [5, 5.41) is 6.30. The summed E-state index contributed by atoms with van der Waals surface area (Å²) in [5.74, 6) is 0. The molecule has 0 saturated carbocycles. The van der Waals surface area contributed by atoms with Crippen LogP contribution in [0.1, 0.15) is 19.5 Å². The lowest BCUT2D eigenvalue weighted by Gasteiger charge is -2.03. The van der Waals surface area contributed by atoms with Crippen LogP contribution < -0.4 is 5.32 Å². The second-order valence-corrected chi connectivity index (χ2v) is 3.45. The highest BCUT2D eigenvalue weighted by molar-refractivity contribution is 7.13. The molecule has 0 aromatic carbocycles. The van der Waals surface area contributed by atoms with Gasteiger partial charge in [0.25, 0.3) is 0 Å². The second-order valence-electron chi connectivity index (χ2n) is 2.59. The van der Waals surface area contributed by atoms with Gasteiger partial charge in [0.05, 0.1) is 5.69 Å². The summed E-state index contributed by atoms with van der Waals surface area (Å²) in [4.78, 5) is 4.26. The summed E-state index contributed by atoms with van der Waals surface area (Å²) in [5.41, 5.74) is 1.09. The zero-order chi connectivity index (χ0) is 7.56. The molecule has 10 heavy (non-hydrogen) atoms. The predicted molar refractivity (Wildman–Crippen MR) is 45.6 cm³/mol. The minimum atomic E-state index is 0.477. The summed E-state index contributed by atoms with van der Waals surface area (Å²) in [7, 11) is 0. The first kappa shape index (κ1) is 7.54. The van der Waals surface area contributed by atoms with Crippen LogP contribution in [0.15, 0.2) is 5.38 Å². The van der Waals surface area contributed by atoms with Gasteiger partial charge in [-0.2, -0.15) is 0 Å². The Hall–Kier alpha value is -0.570. The standard InChI is InChI=1S/C7H12N2S/c1-5(2)8-7-9-6(3)4-10-7/h4-5H,1-3H3,(H,8,9). The molecule has 0 unspecified atom stereocenters. The lowest BCUT2D eigenvalue weighted by Crippen LogP contribution is -2.08. The van der Waals surface area contributed by atoms with Crippen LogP contribution in [0.4, 0.5) is 5.13 Å². The third kappa shape index (κ3) is 1.99. The van der Waals surface area contributed by atoms with E-state index in [-0.39, 0.29) is 0 Å². The SMILES string of the molecule is Cc1csc(NC(C)C)n1. The van der Waals surface area contributed by atoms with Crippen molar-refractivity contribution in [3.63, 3.8) is 0 Å². The Morgan fingerprint density at radius 3 is 2.70 bits per heavy atom. The van der Waals surface area contributed by atoms with E-state index in [1.165, 1.54) is 0 Å². The van der Waals surface area contributed by atoms with Crippen LogP contribution in [0, 0.1) is 6.92 Å². The Kier molecular flexibility index (Phi) is 2.27. The minimum absolute atomic E-state index is 0.477. The van der Waals surface area contributed by atoms with E-state index in [9.17, 15) is 0 Å². The van der Waals surface area contributed by atoms with Crippen LogP contribution in [0.25, 0.3) is 0 Å². The largest absolute Gasteiger partial charge is 0.359 e. The van der Waals surface area contributed by atoms with Crippen molar-refractivity contribution in [1.82, 2.24) is 4.98 Å². The minimum Gasteiger partial charge on any atom is -0.359 e. The maximum absolute atomic E-state index is 4.26. The quantitative estimate of drug-likeness (QED) is 0.710. The number of rotatable bonds is 2. The summed E-state index contributed by atoms with van der Waals surface area (Å²) in [6.07, 6.45) is 0. The van der Waals surface area contributed by atoms with Gasteiger partial charge in [0.2, 0.25) is 0 Å². The second kappa shape index (κ2) is 3.01. The molecule has 0 amide bonds. The number of hydrogen-bond donors (Lipinski definition) is 1. The van der Waals surface area contributed by atoms with Crippen molar-refractivity contribution in [1.29, 1.82) is 0 Å². The molecule has 0 saturated heterocycles. The van der Waals surface area contributed by atoms with Crippen LogP contribution in [0.5, 0.6) is 0 Å². The molecule has 3 heteroatoms. The number of nitrogens with one attached hydrogen (secondary N) is 1. The molecular formula is C7H12N2S. The Morgan fingerprint density at radius 1 is 1.60 bits per heavy atom. The lowest BCUT2D eigenvalue weighted by atomic mass is 10.4. The zero-order valence-electron chi connectivity index (χ0n) is 6.51. The first-order valence-corrected chi connectivity index (χ1v) is 4.25. The fraction of sp³-hybridized carbons (Fsp3) is 0.571. The van der Waals surface area contributed by atoms with Crippen molar-refractivity contribution in [3.8, 4) is 0 Å². The van der Waals surface area contributed by atoms with Crippen molar-refractivity contribution in [2.45, 2.75) is 26.8 Å². The molecular weight excluding hydrogens is 144 g/mol. The van der Waals surface area contributed by atoms with Crippen molar-refractivity contribution in [2.24, 2.45) is 0 Å². The molecule has 0 aliphatic carbocycles. The van der Waals surface area contributed by atoms with Gasteiger partial charge in [-0.1, -0.05) is 0 Å². The molecule has 1 aromatic heterocycles. The summed E-state index contributed by atoms with van der Waals surface area (Å²) < 4.78 is 0. The molecule has 0 aliphatic heterocycles. The van der Waals surface area contributed by atoms with Crippen LogP contribution in [-0.2, 0) is 0 Å². The van der Waals surface area contributed by atoms with Gasteiger partial charge in [0, 0.05) is 11.4 Å². The van der Waals surface area contributed by atoms with Crippen molar-refractivity contribution in [3.05, 3.63) is 11.1 Å². The molecule has 2 nitrogen and oxygen atoms in total. The lowest BCUT2D eigenvalue weighted by molar-refractivity contribution is 0.895. The smallest absolute Gasteiger partial charge is 0.183 e. The molecule has 0 atom stereocenters. The van der Waals surface area contributed by atoms with Gasteiger partial charge in [-0.15, -0.1) is 11.3 Å². The number of hydrogen-bond acceptors (Lipinski definition) is 3. The molecule has 0 bridgehead atoms. The van der Waals surface area contributed by atoms with E-state index in [4.69, 9.17) is 0 Å². The molecule has 0 spiro atoms. The third-order valence-corrected chi connectivity index (χ3v) is 1.92. The van der Waals surface area contributed by atoms with Gasteiger partial charge in [0.15, 0.2) is 5.13 Å². The number of anilines is 1. The summed E-state index contributed by atoms with van der Waals surface area (Å²) in [6.45, 7) is 6.22. The highest BCUT2D eigenvalue weighted by Gasteiger charge is 1.97. The Morgan fingerprint density at radius 2 is 2.30 bits per heavy atom. The maximum Gasteiger partial charge on any atom is 0.183 e. The van der Waals surface area contributed by atoms with Crippen LogP contribution in [-0.4, -0.2) is 11.0 Å². The number of thiazole rings is 1. The van der Waals surface area contributed by atoms with E-state index < -0.39 is 0 Å². The summed E-state index contributed by atoms with van der Waals surface area (Å²) >= 11 is 1.66. The molecule has 1 aromatic rings. The molecule has 0 radical (unpaired) electrons. The third-order valence-electron chi connectivity index (χ3n) is 1.03. The van der Waals surface area contributed by atoms with E-state index in [0.29, 0.717) is 6.04 Å². The maximum atomic E-state index is 4.26. The molecule has 1 heterocycles. The molecule has 0 fully saturated rings. The van der Waals surface area contributed by atoms with E-state index >= 15 is 0 Å². The molecule has 1 rings (SSSR count). The number of aryl methyl sites for hydroxylation is 1. The first-order chi connectivity index (χ1) is 4.68. The topological polar surface area (TPSA) is 24.9 Å². The van der Waals surface area contributed by atoms with Crippen molar-refractivity contribution in [2.75, 3.05) is 5.32 Å². The Bertz CT molecular complexity index is 205. The van der Waals surface area contributed by atoms with Crippen molar-refractivity contribution >= 4 is 16.5 Å². The highest BCUT2D eigenvalue weighted by Crippen LogP contribution is 2.14. The zero-order valence-corrected chi connectivity index (χ0v) is 7.33. The van der Waals surface area contributed by atoms with Crippen LogP contribution >= 0.6 is 11.3 Å². The monoisotopic (exact) mass is 156 g/mol.